The molecule has 0 aliphatic heterocycles. The van der Waals surface area contributed by atoms with Crippen LogP contribution in [0.3, 0.4) is 0 Å². The molecular weight excluding hydrogens is 482 g/mol. The third-order valence-corrected chi connectivity index (χ3v) is 5.63. The van der Waals surface area contributed by atoms with Crippen molar-refractivity contribution in [3.63, 3.8) is 0 Å². The number of ether oxygens (including phenoxy) is 2. The van der Waals surface area contributed by atoms with Crippen LogP contribution < -0.4 is 20.1 Å². The summed E-state index contributed by atoms with van der Waals surface area (Å²) in [7, 11) is 0. The lowest BCUT2D eigenvalue weighted by molar-refractivity contribution is -0.115. The molecule has 0 bridgehead atoms. The van der Waals surface area contributed by atoms with Gasteiger partial charge in [-0.3, -0.25) is 20.2 Å². The Morgan fingerprint density at radius 3 is 1.58 bits per heavy atom. The van der Waals surface area contributed by atoms with E-state index in [1.54, 1.807) is 0 Å². The van der Waals surface area contributed by atoms with Crippen molar-refractivity contribution in [1.29, 1.82) is 0 Å². The molecule has 0 saturated heterocycles. The number of hydrogen-bond acceptors (Lipinski definition) is 7. The minimum atomic E-state index is -0.297. The molecule has 202 valence electrons. The van der Waals surface area contributed by atoms with Gasteiger partial charge in [-0.15, -0.1) is 0 Å². The second-order valence-corrected chi connectivity index (χ2v) is 9.02. The first-order chi connectivity index (χ1) is 18.4. The van der Waals surface area contributed by atoms with E-state index in [4.69, 9.17) is 9.47 Å². The van der Waals surface area contributed by atoms with Gasteiger partial charge in [0.25, 0.3) is 0 Å². The van der Waals surface area contributed by atoms with Gasteiger partial charge in [-0.1, -0.05) is 50.5 Å². The number of rotatable bonds is 15. The Morgan fingerprint density at radius 1 is 0.658 bits per heavy atom. The predicted octanol–water partition coefficient (Wildman–Crippen LogP) is 5.82. The molecule has 9 nitrogen and oxygen atoms in total. The summed E-state index contributed by atoms with van der Waals surface area (Å²) in [4.78, 5) is 35.2. The Labute approximate surface area is 224 Å². The fraction of sp³-hybridized carbons (Fsp3) is 0.414. The lowest BCUT2D eigenvalue weighted by atomic mass is 10.1. The van der Waals surface area contributed by atoms with Crippen molar-refractivity contribution < 1.29 is 19.1 Å². The summed E-state index contributed by atoms with van der Waals surface area (Å²) in [6.45, 7) is 6.25. The van der Waals surface area contributed by atoms with Crippen LogP contribution in [0, 0.1) is 0 Å². The number of unbranched alkanes of at least 4 members (excludes halogenated alkanes) is 4. The van der Waals surface area contributed by atoms with Crippen LogP contribution in [-0.2, 0) is 16.0 Å². The first kappa shape index (κ1) is 28.6. The van der Waals surface area contributed by atoms with E-state index in [1.807, 2.05) is 36.4 Å². The summed E-state index contributed by atoms with van der Waals surface area (Å²) < 4.78 is 11.7. The van der Waals surface area contributed by atoms with Crippen LogP contribution >= 0.6 is 0 Å². The van der Waals surface area contributed by atoms with E-state index in [0.717, 1.165) is 48.5 Å². The number of nitrogens with zero attached hydrogens (tertiary/aromatic N) is 3. The zero-order valence-corrected chi connectivity index (χ0v) is 22.5. The van der Waals surface area contributed by atoms with E-state index in [1.165, 1.54) is 33.1 Å². The zero-order valence-electron chi connectivity index (χ0n) is 22.5. The zero-order chi connectivity index (χ0) is 27.2. The third-order valence-electron chi connectivity index (χ3n) is 5.63. The Bertz CT molecular complexity index is 1130. The van der Waals surface area contributed by atoms with E-state index >= 15 is 0 Å². The van der Waals surface area contributed by atoms with Crippen LogP contribution in [0.15, 0.2) is 48.5 Å². The highest BCUT2D eigenvalue weighted by Gasteiger charge is 2.09. The number of carbonyl (C=O) groups is 2. The molecule has 1 heterocycles. The lowest BCUT2D eigenvalue weighted by Crippen LogP contribution is -2.16. The fourth-order valence-electron chi connectivity index (χ4n) is 3.74. The molecule has 0 aliphatic carbocycles. The van der Waals surface area contributed by atoms with Crippen LogP contribution in [0.25, 0.3) is 11.1 Å². The fourth-order valence-corrected chi connectivity index (χ4v) is 3.74. The maximum atomic E-state index is 11.3. The Morgan fingerprint density at radius 2 is 1.13 bits per heavy atom. The number of amides is 2. The van der Waals surface area contributed by atoms with Crippen molar-refractivity contribution in [1.82, 2.24) is 15.0 Å². The van der Waals surface area contributed by atoms with Gasteiger partial charge in [0.05, 0.1) is 13.2 Å². The highest BCUT2D eigenvalue weighted by atomic mass is 16.5. The number of carbonyl (C=O) groups excluding carboxylic acids is 2. The van der Waals surface area contributed by atoms with Crippen molar-refractivity contribution >= 4 is 23.7 Å². The number of aromatic nitrogens is 3. The lowest BCUT2D eigenvalue weighted by Gasteiger charge is -2.09. The first-order valence-electron chi connectivity index (χ1n) is 13.2. The molecule has 0 spiro atoms. The van der Waals surface area contributed by atoms with Crippen LogP contribution in [0.5, 0.6) is 11.5 Å². The second kappa shape index (κ2) is 15.3. The summed E-state index contributed by atoms with van der Waals surface area (Å²) in [6.07, 6.45) is 6.91. The molecule has 9 heteroatoms. The Balaban J connectivity index is 1.43. The molecule has 0 radical (unpaired) electrons. The van der Waals surface area contributed by atoms with Crippen LogP contribution in [0.1, 0.15) is 65.1 Å². The SMILES string of the molecule is CCCCCCOc1ccc(-c2ccc(OCCCCc3nc(NC(C)=O)nc(NC(C)=O)n3)cc2)cc1. The average Bonchev–Trinajstić information content (AvgIpc) is 2.88. The number of aryl methyl sites for hydroxylation is 1. The third kappa shape index (κ3) is 10.2. The maximum absolute atomic E-state index is 11.3. The minimum Gasteiger partial charge on any atom is -0.494 e. The average molecular weight is 520 g/mol. The summed E-state index contributed by atoms with van der Waals surface area (Å²) in [6, 6.07) is 16.2. The highest BCUT2D eigenvalue weighted by Crippen LogP contribution is 2.25. The standard InChI is InChI=1S/C29H37N5O4/c1-4-5-6-8-19-37-25-15-11-23(12-16-25)24-13-17-26(18-14-24)38-20-9-7-10-27-32-28(30-21(2)35)34-29(33-27)31-22(3)36/h11-18H,4-10,19-20H2,1-3H3,(H2,30,31,32,33,34,35,36). The van der Waals surface area contributed by atoms with Gasteiger partial charge in [-0.2, -0.15) is 15.0 Å². The molecule has 0 saturated carbocycles. The number of hydrogen-bond donors (Lipinski definition) is 2. The van der Waals surface area contributed by atoms with E-state index in [2.05, 4.69) is 44.6 Å². The van der Waals surface area contributed by atoms with Gasteiger partial charge in [0.2, 0.25) is 23.7 Å². The van der Waals surface area contributed by atoms with Crippen molar-refractivity contribution in [2.24, 2.45) is 0 Å². The maximum Gasteiger partial charge on any atom is 0.234 e. The van der Waals surface area contributed by atoms with Crippen LogP contribution in [0.4, 0.5) is 11.9 Å². The van der Waals surface area contributed by atoms with Gasteiger partial charge in [0.1, 0.15) is 17.3 Å². The van der Waals surface area contributed by atoms with Gasteiger partial charge >= 0.3 is 0 Å². The second-order valence-electron chi connectivity index (χ2n) is 9.02. The molecule has 2 N–H and O–H groups in total. The highest BCUT2D eigenvalue weighted by molar-refractivity contribution is 5.88. The molecule has 0 unspecified atom stereocenters. The molecule has 1 aromatic heterocycles. The monoisotopic (exact) mass is 519 g/mol. The van der Waals surface area contributed by atoms with Gasteiger partial charge in [-0.05, 0) is 54.7 Å². The van der Waals surface area contributed by atoms with Crippen molar-refractivity contribution in [3.8, 4) is 22.6 Å². The molecule has 0 aliphatic rings. The topological polar surface area (TPSA) is 115 Å². The van der Waals surface area contributed by atoms with Crippen molar-refractivity contribution in [2.75, 3.05) is 23.8 Å². The molecule has 0 fully saturated rings. The van der Waals surface area contributed by atoms with Crippen molar-refractivity contribution in [3.05, 3.63) is 54.4 Å². The predicted molar refractivity (Wildman–Crippen MR) is 148 cm³/mol. The van der Waals surface area contributed by atoms with Crippen LogP contribution in [0.2, 0.25) is 0 Å². The summed E-state index contributed by atoms with van der Waals surface area (Å²) in [5.41, 5.74) is 2.25. The normalized spacial score (nSPS) is 10.6. The Hall–Kier alpha value is -4.01. The minimum absolute atomic E-state index is 0.118. The smallest absolute Gasteiger partial charge is 0.234 e. The molecule has 38 heavy (non-hydrogen) atoms. The molecule has 3 rings (SSSR count). The van der Waals surface area contributed by atoms with Gasteiger partial charge in [0.15, 0.2) is 0 Å². The quantitative estimate of drug-likeness (QED) is 0.243. The van der Waals surface area contributed by atoms with E-state index in [0.29, 0.717) is 18.9 Å². The van der Waals surface area contributed by atoms with E-state index < -0.39 is 0 Å². The van der Waals surface area contributed by atoms with Gasteiger partial charge in [0, 0.05) is 20.3 Å². The molecule has 3 aromatic rings. The van der Waals surface area contributed by atoms with Crippen molar-refractivity contribution in [2.45, 2.75) is 65.7 Å². The number of benzene rings is 2. The molecule has 0 atom stereocenters. The first-order valence-corrected chi connectivity index (χ1v) is 13.2. The molecular formula is C29H37N5O4. The molecule has 2 aromatic carbocycles. The Kier molecular flexibility index (Phi) is 11.5. The van der Waals surface area contributed by atoms with E-state index in [9.17, 15) is 9.59 Å². The molecule has 2 amide bonds. The van der Waals surface area contributed by atoms with E-state index in [-0.39, 0.29) is 23.7 Å². The van der Waals surface area contributed by atoms with Gasteiger partial charge in [-0.25, -0.2) is 0 Å². The summed E-state index contributed by atoms with van der Waals surface area (Å²) in [5.74, 6) is 1.84. The van der Waals surface area contributed by atoms with Crippen LogP contribution in [-0.4, -0.2) is 40.0 Å². The number of nitrogens with one attached hydrogen (secondary N) is 2. The summed E-state index contributed by atoms with van der Waals surface area (Å²) in [5, 5.41) is 5.06. The largest absolute Gasteiger partial charge is 0.494 e. The number of anilines is 2. The van der Waals surface area contributed by atoms with Gasteiger partial charge < -0.3 is 9.47 Å². The summed E-state index contributed by atoms with van der Waals surface area (Å²) >= 11 is 0.